The summed E-state index contributed by atoms with van der Waals surface area (Å²) in [5, 5.41) is 13.8. The molecule has 114 valence electrons. The molecule has 20 heavy (non-hydrogen) atoms. The Morgan fingerprint density at radius 3 is 2.65 bits per heavy atom. The summed E-state index contributed by atoms with van der Waals surface area (Å²) in [4.78, 5) is 0. The van der Waals surface area contributed by atoms with Crippen LogP contribution in [-0.2, 0) is 6.42 Å². The van der Waals surface area contributed by atoms with Crippen LogP contribution in [0.5, 0.6) is 5.75 Å². The molecule has 0 amide bonds. The number of aliphatic hydroxyl groups is 1. The van der Waals surface area contributed by atoms with Crippen molar-refractivity contribution >= 4 is 15.9 Å². The van der Waals surface area contributed by atoms with Crippen LogP contribution in [0, 0.1) is 5.92 Å². The first-order chi connectivity index (χ1) is 9.34. The number of hydrogen-bond donors (Lipinski definition) is 2. The van der Waals surface area contributed by atoms with E-state index < -0.39 is 5.60 Å². The molecule has 1 aromatic carbocycles. The Bertz CT molecular complexity index is 419. The van der Waals surface area contributed by atoms with Crippen LogP contribution >= 0.6 is 15.9 Å². The van der Waals surface area contributed by atoms with Gasteiger partial charge in [0.1, 0.15) is 5.75 Å². The van der Waals surface area contributed by atoms with Crippen LogP contribution in [0.25, 0.3) is 0 Å². The van der Waals surface area contributed by atoms with Crippen molar-refractivity contribution in [2.45, 2.75) is 39.2 Å². The molecule has 4 heteroatoms. The van der Waals surface area contributed by atoms with E-state index in [1.54, 1.807) is 7.11 Å². The summed E-state index contributed by atoms with van der Waals surface area (Å²) < 4.78 is 6.13. The Morgan fingerprint density at radius 2 is 2.10 bits per heavy atom. The van der Waals surface area contributed by atoms with Crippen molar-refractivity contribution < 1.29 is 9.84 Å². The highest BCUT2D eigenvalue weighted by atomic mass is 79.9. The molecule has 0 heterocycles. The standard InChI is InChI=1S/C16H26BrNO2/c1-12(2)11-18-8-7-16(3,19)10-13-5-6-15(20-4)14(17)9-13/h5-6,9,12,18-19H,7-8,10-11H2,1-4H3. The number of ether oxygens (including phenoxy) is 1. The average molecular weight is 344 g/mol. The maximum atomic E-state index is 10.5. The lowest BCUT2D eigenvalue weighted by atomic mass is 9.93. The normalized spacial score (nSPS) is 14.3. The Balaban J connectivity index is 2.50. The maximum absolute atomic E-state index is 10.5. The summed E-state index contributed by atoms with van der Waals surface area (Å²) >= 11 is 3.48. The van der Waals surface area contributed by atoms with Gasteiger partial charge in [-0.25, -0.2) is 0 Å². The fourth-order valence-electron chi connectivity index (χ4n) is 2.10. The van der Waals surface area contributed by atoms with Gasteiger partial charge in [0.25, 0.3) is 0 Å². The van der Waals surface area contributed by atoms with Crippen LogP contribution in [0.2, 0.25) is 0 Å². The van der Waals surface area contributed by atoms with E-state index in [1.165, 1.54) is 0 Å². The van der Waals surface area contributed by atoms with Crippen molar-refractivity contribution in [1.82, 2.24) is 5.32 Å². The summed E-state index contributed by atoms with van der Waals surface area (Å²) in [6.07, 6.45) is 1.38. The molecule has 0 radical (unpaired) electrons. The van der Waals surface area contributed by atoms with Crippen LogP contribution in [0.1, 0.15) is 32.8 Å². The van der Waals surface area contributed by atoms with Crippen LogP contribution in [0.15, 0.2) is 22.7 Å². The Labute approximate surface area is 130 Å². The van der Waals surface area contributed by atoms with Gasteiger partial charge in [-0.1, -0.05) is 19.9 Å². The third-order valence-corrected chi connectivity index (χ3v) is 3.81. The average Bonchev–Trinajstić information content (AvgIpc) is 2.34. The second-order valence-corrected chi connectivity index (χ2v) is 6.84. The number of hydrogen-bond acceptors (Lipinski definition) is 3. The summed E-state index contributed by atoms with van der Waals surface area (Å²) in [7, 11) is 1.65. The van der Waals surface area contributed by atoms with Gasteiger partial charge in [0.15, 0.2) is 0 Å². The zero-order valence-electron chi connectivity index (χ0n) is 12.9. The predicted molar refractivity (Wildman–Crippen MR) is 87.3 cm³/mol. The molecule has 3 nitrogen and oxygen atoms in total. The van der Waals surface area contributed by atoms with Crippen LogP contribution in [-0.4, -0.2) is 30.9 Å². The first-order valence-corrected chi connectivity index (χ1v) is 7.89. The van der Waals surface area contributed by atoms with E-state index in [4.69, 9.17) is 4.74 Å². The quantitative estimate of drug-likeness (QED) is 0.711. The number of rotatable bonds is 8. The molecule has 0 aliphatic heterocycles. The lowest BCUT2D eigenvalue weighted by molar-refractivity contribution is 0.0513. The second kappa shape index (κ2) is 8.01. The van der Waals surface area contributed by atoms with Crippen LogP contribution in [0.4, 0.5) is 0 Å². The number of nitrogens with one attached hydrogen (secondary N) is 1. The van der Waals surface area contributed by atoms with E-state index in [2.05, 4.69) is 35.1 Å². The van der Waals surface area contributed by atoms with Gasteiger partial charge < -0.3 is 15.2 Å². The van der Waals surface area contributed by atoms with Crippen molar-refractivity contribution in [1.29, 1.82) is 0 Å². The van der Waals surface area contributed by atoms with Gasteiger partial charge in [-0.15, -0.1) is 0 Å². The largest absolute Gasteiger partial charge is 0.496 e. The molecule has 0 bridgehead atoms. The van der Waals surface area contributed by atoms with Crippen LogP contribution in [0.3, 0.4) is 0 Å². The molecule has 1 rings (SSSR count). The van der Waals surface area contributed by atoms with E-state index in [1.807, 2.05) is 25.1 Å². The topological polar surface area (TPSA) is 41.5 Å². The fourth-order valence-corrected chi connectivity index (χ4v) is 2.68. The monoisotopic (exact) mass is 343 g/mol. The summed E-state index contributed by atoms with van der Waals surface area (Å²) in [6.45, 7) is 8.08. The van der Waals surface area contributed by atoms with Crippen molar-refractivity contribution in [3.05, 3.63) is 28.2 Å². The van der Waals surface area contributed by atoms with Crippen molar-refractivity contribution in [2.75, 3.05) is 20.2 Å². The molecule has 0 saturated carbocycles. The molecule has 1 unspecified atom stereocenters. The highest BCUT2D eigenvalue weighted by Crippen LogP contribution is 2.27. The minimum Gasteiger partial charge on any atom is -0.496 e. The molecule has 0 fully saturated rings. The summed E-state index contributed by atoms with van der Waals surface area (Å²) in [5.74, 6) is 1.45. The van der Waals surface area contributed by atoms with E-state index in [9.17, 15) is 5.11 Å². The molecule has 0 aromatic heterocycles. The molecule has 0 aliphatic carbocycles. The predicted octanol–water partition coefficient (Wildman–Crippen LogP) is 3.39. The Hall–Kier alpha value is -0.580. The first kappa shape index (κ1) is 17.5. The third-order valence-electron chi connectivity index (χ3n) is 3.19. The van der Waals surface area contributed by atoms with Crippen molar-refractivity contribution in [3.63, 3.8) is 0 Å². The molecule has 0 saturated heterocycles. The number of methoxy groups -OCH3 is 1. The molecule has 1 aromatic rings. The summed E-state index contributed by atoms with van der Waals surface area (Å²) in [5.41, 5.74) is 0.407. The minimum absolute atomic E-state index is 0.637. The van der Waals surface area contributed by atoms with E-state index in [0.29, 0.717) is 12.3 Å². The SMILES string of the molecule is COc1ccc(CC(C)(O)CCNCC(C)C)cc1Br. The minimum atomic E-state index is -0.696. The van der Waals surface area contributed by atoms with Gasteiger partial charge in [0.2, 0.25) is 0 Å². The van der Waals surface area contributed by atoms with E-state index >= 15 is 0 Å². The van der Waals surface area contributed by atoms with Gasteiger partial charge in [-0.3, -0.25) is 0 Å². The fraction of sp³-hybridized carbons (Fsp3) is 0.625. The van der Waals surface area contributed by atoms with Crippen LogP contribution < -0.4 is 10.1 Å². The lowest BCUT2D eigenvalue weighted by Gasteiger charge is -2.24. The molecule has 2 N–H and O–H groups in total. The zero-order valence-corrected chi connectivity index (χ0v) is 14.5. The molecular formula is C16H26BrNO2. The van der Waals surface area contributed by atoms with Gasteiger partial charge in [-0.2, -0.15) is 0 Å². The van der Waals surface area contributed by atoms with E-state index in [0.717, 1.165) is 35.3 Å². The maximum Gasteiger partial charge on any atom is 0.133 e. The van der Waals surface area contributed by atoms with Crippen molar-refractivity contribution in [3.8, 4) is 5.75 Å². The Kier molecular flexibility index (Phi) is 7.00. The smallest absolute Gasteiger partial charge is 0.133 e. The third kappa shape index (κ3) is 6.25. The molecular weight excluding hydrogens is 318 g/mol. The Morgan fingerprint density at radius 1 is 1.40 bits per heavy atom. The molecule has 1 atom stereocenters. The summed E-state index contributed by atoms with van der Waals surface area (Å²) in [6, 6.07) is 5.93. The number of halogens is 1. The molecule has 0 aliphatic rings. The highest BCUT2D eigenvalue weighted by molar-refractivity contribution is 9.10. The number of benzene rings is 1. The zero-order chi connectivity index (χ0) is 15.2. The van der Waals surface area contributed by atoms with Gasteiger partial charge in [0.05, 0.1) is 17.2 Å². The molecule has 0 spiro atoms. The lowest BCUT2D eigenvalue weighted by Crippen LogP contribution is -2.33. The highest BCUT2D eigenvalue weighted by Gasteiger charge is 2.20. The van der Waals surface area contributed by atoms with Gasteiger partial charge in [-0.05, 0) is 66.0 Å². The van der Waals surface area contributed by atoms with Crippen molar-refractivity contribution in [2.24, 2.45) is 5.92 Å². The second-order valence-electron chi connectivity index (χ2n) is 5.99. The van der Waals surface area contributed by atoms with Gasteiger partial charge in [0, 0.05) is 6.42 Å². The van der Waals surface area contributed by atoms with Gasteiger partial charge >= 0.3 is 0 Å². The first-order valence-electron chi connectivity index (χ1n) is 7.09. The van der Waals surface area contributed by atoms with E-state index in [-0.39, 0.29) is 0 Å².